The molecule has 0 bridgehead atoms. The molecule has 1 aromatic carbocycles. The zero-order chi connectivity index (χ0) is 20.4. The van der Waals surface area contributed by atoms with Crippen LogP contribution >= 0.6 is 11.3 Å². The lowest BCUT2D eigenvalue weighted by molar-refractivity contribution is 0.103. The Kier molecular flexibility index (Phi) is 5.66. The summed E-state index contributed by atoms with van der Waals surface area (Å²) in [5, 5.41) is 3.29. The Morgan fingerprint density at radius 3 is 2.61 bits per heavy atom. The second kappa shape index (κ2) is 7.99. The van der Waals surface area contributed by atoms with E-state index in [-0.39, 0.29) is 11.5 Å². The first-order valence-electron chi connectivity index (χ1n) is 8.54. The molecular weight excluding hydrogens is 380 g/mol. The van der Waals surface area contributed by atoms with Crippen LogP contribution in [0.25, 0.3) is 10.2 Å². The minimum atomic E-state index is -0.304. The molecule has 0 aliphatic rings. The molecule has 9 heteroatoms. The zero-order valence-electron chi connectivity index (χ0n) is 16.4. The SMILES string of the molecule is COc1ccc(NC(=O)c2sc3nc(CN(C)C)[nH]c(=O)c3c2C)cc1OC. The van der Waals surface area contributed by atoms with E-state index in [9.17, 15) is 9.59 Å². The van der Waals surface area contributed by atoms with Crippen molar-refractivity contribution in [3.8, 4) is 11.5 Å². The third-order valence-electron chi connectivity index (χ3n) is 4.16. The van der Waals surface area contributed by atoms with E-state index in [0.29, 0.717) is 50.2 Å². The summed E-state index contributed by atoms with van der Waals surface area (Å²) in [5.74, 6) is 1.35. The Balaban J connectivity index is 1.95. The second-order valence-electron chi connectivity index (χ2n) is 6.51. The maximum Gasteiger partial charge on any atom is 0.266 e. The number of anilines is 1. The van der Waals surface area contributed by atoms with Crippen LogP contribution in [-0.2, 0) is 6.54 Å². The van der Waals surface area contributed by atoms with Crippen molar-refractivity contribution in [2.24, 2.45) is 0 Å². The molecule has 0 saturated carbocycles. The lowest BCUT2D eigenvalue weighted by atomic mass is 10.2. The fraction of sp³-hybridized carbons (Fsp3) is 0.316. The predicted molar refractivity (Wildman–Crippen MR) is 110 cm³/mol. The van der Waals surface area contributed by atoms with Gasteiger partial charge in [-0.15, -0.1) is 11.3 Å². The molecule has 2 N–H and O–H groups in total. The molecule has 0 radical (unpaired) electrons. The van der Waals surface area contributed by atoms with Gasteiger partial charge in [0.15, 0.2) is 11.5 Å². The largest absolute Gasteiger partial charge is 0.493 e. The van der Waals surface area contributed by atoms with E-state index in [0.717, 1.165) is 0 Å². The van der Waals surface area contributed by atoms with Crippen molar-refractivity contribution >= 4 is 33.1 Å². The lowest BCUT2D eigenvalue weighted by Crippen LogP contribution is -2.18. The first-order chi connectivity index (χ1) is 13.3. The number of aromatic amines is 1. The highest BCUT2D eigenvalue weighted by molar-refractivity contribution is 7.20. The van der Waals surface area contributed by atoms with Gasteiger partial charge in [0.05, 0.1) is 31.0 Å². The van der Waals surface area contributed by atoms with E-state index >= 15 is 0 Å². The van der Waals surface area contributed by atoms with Crippen molar-refractivity contribution in [1.82, 2.24) is 14.9 Å². The maximum atomic E-state index is 12.8. The number of fused-ring (bicyclic) bond motifs is 1. The summed E-state index contributed by atoms with van der Waals surface area (Å²) in [4.78, 5) is 35.5. The number of carbonyl (C=O) groups is 1. The average Bonchev–Trinajstić information content (AvgIpc) is 2.98. The third-order valence-corrected chi connectivity index (χ3v) is 5.35. The van der Waals surface area contributed by atoms with Crippen molar-refractivity contribution < 1.29 is 14.3 Å². The number of aryl methyl sites for hydroxylation is 1. The molecule has 0 aliphatic carbocycles. The standard InChI is InChI=1S/C19H22N4O4S/c1-10-15-17(24)21-14(9-23(2)3)22-19(15)28-16(10)18(25)20-11-6-7-12(26-4)13(8-11)27-5/h6-8H,9H2,1-5H3,(H,20,25)(H,21,22,24). The summed E-state index contributed by atoms with van der Waals surface area (Å²) < 4.78 is 10.5. The molecule has 2 aromatic heterocycles. The number of hydrogen-bond acceptors (Lipinski definition) is 7. The molecule has 8 nitrogen and oxygen atoms in total. The number of benzene rings is 1. The van der Waals surface area contributed by atoms with Crippen molar-refractivity contribution in [3.63, 3.8) is 0 Å². The van der Waals surface area contributed by atoms with Gasteiger partial charge in [-0.25, -0.2) is 4.98 Å². The maximum absolute atomic E-state index is 12.8. The fourth-order valence-electron chi connectivity index (χ4n) is 2.88. The molecule has 28 heavy (non-hydrogen) atoms. The van der Waals surface area contributed by atoms with Crippen molar-refractivity contribution in [3.05, 3.63) is 44.8 Å². The normalized spacial score (nSPS) is 11.1. The van der Waals surface area contributed by atoms with Gasteiger partial charge in [-0.3, -0.25) is 9.59 Å². The quantitative estimate of drug-likeness (QED) is 0.658. The van der Waals surface area contributed by atoms with Gasteiger partial charge in [0, 0.05) is 11.8 Å². The summed E-state index contributed by atoms with van der Waals surface area (Å²) in [7, 11) is 6.87. The van der Waals surface area contributed by atoms with Gasteiger partial charge in [-0.1, -0.05) is 0 Å². The molecule has 2 heterocycles. The molecule has 0 aliphatic heterocycles. The predicted octanol–water partition coefficient (Wildman–Crippen LogP) is 2.62. The number of nitrogens with zero attached hydrogens (tertiary/aromatic N) is 2. The first kappa shape index (κ1) is 19.8. The van der Waals surface area contributed by atoms with Gasteiger partial charge in [0.2, 0.25) is 0 Å². The van der Waals surface area contributed by atoms with Gasteiger partial charge >= 0.3 is 0 Å². The van der Waals surface area contributed by atoms with Gasteiger partial charge in [0.25, 0.3) is 11.5 Å². The van der Waals surface area contributed by atoms with Crippen molar-refractivity contribution in [2.75, 3.05) is 33.6 Å². The van der Waals surface area contributed by atoms with Gasteiger partial charge in [-0.2, -0.15) is 0 Å². The molecule has 3 rings (SSSR count). The van der Waals surface area contributed by atoms with Crippen LogP contribution in [0.3, 0.4) is 0 Å². The van der Waals surface area contributed by atoms with Crippen molar-refractivity contribution in [2.45, 2.75) is 13.5 Å². The Labute approximate surface area is 166 Å². The van der Waals surface area contributed by atoms with Crippen LogP contribution in [0, 0.1) is 6.92 Å². The molecule has 0 unspecified atom stereocenters. The van der Waals surface area contributed by atoms with Crippen LogP contribution in [0.1, 0.15) is 21.1 Å². The minimum absolute atomic E-state index is 0.235. The topological polar surface area (TPSA) is 96.5 Å². The van der Waals surface area contributed by atoms with E-state index in [4.69, 9.17) is 9.47 Å². The minimum Gasteiger partial charge on any atom is -0.493 e. The van der Waals surface area contributed by atoms with Crippen LogP contribution in [0.15, 0.2) is 23.0 Å². The molecular formula is C19H22N4O4S. The van der Waals surface area contributed by atoms with E-state index in [2.05, 4.69) is 15.3 Å². The van der Waals surface area contributed by atoms with E-state index < -0.39 is 0 Å². The van der Waals surface area contributed by atoms with E-state index in [1.165, 1.54) is 18.4 Å². The summed E-state index contributed by atoms with van der Waals surface area (Å²) in [6.07, 6.45) is 0. The zero-order valence-corrected chi connectivity index (χ0v) is 17.2. The van der Waals surface area contributed by atoms with E-state index in [1.54, 1.807) is 32.2 Å². The fourth-order valence-corrected chi connectivity index (χ4v) is 3.98. The average molecular weight is 402 g/mol. The van der Waals surface area contributed by atoms with Gasteiger partial charge in [0.1, 0.15) is 10.7 Å². The molecule has 0 saturated heterocycles. The summed E-state index contributed by atoms with van der Waals surface area (Å²) in [5.41, 5.74) is 0.943. The number of aromatic nitrogens is 2. The van der Waals surface area contributed by atoms with E-state index in [1.807, 2.05) is 19.0 Å². The molecule has 0 atom stereocenters. The van der Waals surface area contributed by atoms with Crippen LogP contribution in [-0.4, -0.2) is 49.1 Å². The first-order valence-corrected chi connectivity index (χ1v) is 9.36. The Hall–Kier alpha value is -2.91. The third kappa shape index (κ3) is 3.85. The lowest BCUT2D eigenvalue weighted by Gasteiger charge is -2.10. The molecule has 0 spiro atoms. The van der Waals surface area contributed by atoms with Crippen molar-refractivity contribution in [1.29, 1.82) is 0 Å². The van der Waals surface area contributed by atoms with Crippen LogP contribution < -0.4 is 20.3 Å². The Morgan fingerprint density at radius 1 is 1.25 bits per heavy atom. The van der Waals surface area contributed by atoms with Crippen LogP contribution in [0.5, 0.6) is 11.5 Å². The number of carbonyl (C=O) groups excluding carboxylic acids is 1. The number of ether oxygens (including phenoxy) is 2. The van der Waals surface area contributed by atoms with Gasteiger partial charge in [-0.05, 0) is 38.7 Å². The highest BCUT2D eigenvalue weighted by Crippen LogP contribution is 2.31. The summed E-state index contributed by atoms with van der Waals surface area (Å²) in [6.45, 7) is 2.26. The number of methoxy groups -OCH3 is 2. The Morgan fingerprint density at radius 2 is 1.96 bits per heavy atom. The number of amides is 1. The highest BCUT2D eigenvalue weighted by atomic mass is 32.1. The van der Waals surface area contributed by atoms with Crippen LogP contribution in [0.2, 0.25) is 0 Å². The van der Waals surface area contributed by atoms with Crippen LogP contribution in [0.4, 0.5) is 5.69 Å². The number of nitrogens with one attached hydrogen (secondary N) is 2. The highest BCUT2D eigenvalue weighted by Gasteiger charge is 2.20. The number of hydrogen-bond donors (Lipinski definition) is 2. The number of rotatable bonds is 6. The smallest absolute Gasteiger partial charge is 0.266 e. The second-order valence-corrected chi connectivity index (χ2v) is 7.51. The number of H-pyrrole nitrogens is 1. The molecule has 3 aromatic rings. The molecule has 1 amide bonds. The number of thiophene rings is 1. The molecule has 148 valence electrons. The monoisotopic (exact) mass is 402 g/mol. The van der Waals surface area contributed by atoms with Gasteiger partial charge < -0.3 is 24.7 Å². The summed E-state index contributed by atoms with van der Waals surface area (Å²) in [6, 6.07) is 5.12. The molecule has 0 fully saturated rings. The Bertz CT molecular complexity index is 1090. The summed E-state index contributed by atoms with van der Waals surface area (Å²) >= 11 is 1.21.